The van der Waals surface area contributed by atoms with Gasteiger partial charge in [0, 0.05) is 13.0 Å². The van der Waals surface area contributed by atoms with Gasteiger partial charge in [-0.15, -0.1) is 0 Å². The fourth-order valence-electron chi connectivity index (χ4n) is 2.85. The Morgan fingerprint density at radius 1 is 1.39 bits per heavy atom. The standard InChI is InChI=1S/C21H25F2NO4/c1-3-5-18(21(22)23)19(4-2)28-17-10-11-24(12-17)20(26)14-27-16-8-6-15(13-25)7-9-16/h3-9,17,21,25H,1,10-14H2,2H3/b18-5+,19-4+/t17-/m1/s1. The highest BCUT2D eigenvalue weighted by Crippen LogP contribution is 2.24. The van der Waals surface area contributed by atoms with Crippen molar-refractivity contribution in [2.75, 3.05) is 19.7 Å². The van der Waals surface area contributed by atoms with Crippen molar-refractivity contribution in [2.45, 2.75) is 32.5 Å². The molecule has 1 aromatic carbocycles. The lowest BCUT2D eigenvalue weighted by Crippen LogP contribution is -2.34. The highest BCUT2D eigenvalue weighted by molar-refractivity contribution is 5.78. The highest BCUT2D eigenvalue weighted by Gasteiger charge is 2.29. The summed E-state index contributed by atoms with van der Waals surface area (Å²) in [7, 11) is 0. The van der Waals surface area contributed by atoms with Crippen LogP contribution in [-0.2, 0) is 16.1 Å². The molecule has 5 nitrogen and oxygen atoms in total. The van der Waals surface area contributed by atoms with Crippen LogP contribution >= 0.6 is 0 Å². The molecule has 0 saturated carbocycles. The summed E-state index contributed by atoms with van der Waals surface area (Å²) in [6, 6.07) is 6.81. The molecule has 1 aromatic rings. The fraction of sp³-hybridized carbons (Fsp3) is 0.381. The van der Waals surface area contributed by atoms with Crippen LogP contribution in [-0.4, -0.2) is 48.1 Å². The molecule has 1 aliphatic rings. The van der Waals surface area contributed by atoms with Gasteiger partial charge < -0.3 is 19.5 Å². The van der Waals surface area contributed by atoms with Crippen molar-refractivity contribution < 1.29 is 28.2 Å². The minimum Gasteiger partial charge on any atom is -0.488 e. The van der Waals surface area contributed by atoms with Gasteiger partial charge >= 0.3 is 0 Å². The lowest BCUT2D eigenvalue weighted by atomic mass is 10.2. The minimum atomic E-state index is -2.67. The van der Waals surface area contributed by atoms with E-state index in [9.17, 15) is 13.6 Å². The number of hydrogen-bond donors (Lipinski definition) is 1. The number of alkyl halides is 2. The molecule has 1 fully saturated rings. The molecule has 1 heterocycles. The van der Waals surface area contributed by atoms with Crippen LogP contribution in [0.5, 0.6) is 5.75 Å². The summed E-state index contributed by atoms with van der Waals surface area (Å²) >= 11 is 0. The fourth-order valence-corrected chi connectivity index (χ4v) is 2.85. The van der Waals surface area contributed by atoms with Crippen LogP contribution in [0.15, 0.2) is 60.4 Å². The van der Waals surface area contributed by atoms with Gasteiger partial charge in [-0.1, -0.05) is 30.9 Å². The van der Waals surface area contributed by atoms with Crippen LogP contribution in [0.2, 0.25) is 0 Å². The molecule has 0 radical (unpaired) electrons. The largest absolute Gasteiger partial charge is 0.488 e. The number of carbonyl (C=O) groups is 1. The highest BCUT2D eigenvalue weighted by atomic mass is 19.3. The Balaban J connectivity index is 1.87. The second kappa shape index (κ2) is 10.6. The van der Waals surface area contributed by atoms with E-state index in [0.717, 1.165) is 5.56 Å². The van der Waals surface area contributed by atoms with E-state index < -0.39 is 6.43 Å². The number of halogens is 2. The molecule has 0 unspecified atom stereocenters. The van der Waals surface area contributed by atoms with Gasteiger partial charge in [0.1, 0.15) is 17.6 Å². The molecule has 1 atom stereocenters. The quantitative estimate of drug-likeness (QED) is 0.516. The Bertz CT molecular complexity index is 728. The van der Waals surface area contributed by atoms with Gasteiger partial charge in [0.15, 0.2) is 6.61 Å². The maximum Gasteiger partial charge on any atom is 0.267 e. The van der Waals surface area contributed by atoms with Crippen molar-refractivity contribution in [3.63, 3.8) is 0 Å². The maximum absolute atomic E-state index is 13.2. The zero-order valence-corrected chi connectivity index (χ0v) is 15.8. The number of amides is 1. The second-order valence-corrected chi connectivity index (χ2v) is 6.27. The number of carbonyl (C=O) groups excluding carboxylic acids is 1. The third kappa shape index (κ3) is 5.92. The Kier molecular flexibility index (Phi) is 8.19. The van der Waals surface area contributed by atoms with Crippen LogP contribution in [0.4, 0.5) is 8.78 Å². The van der Waals surface area contributed by atoms with Crippen LogP contribution < -0.4 is 4.74 Å². The summed E-state index contributed by atoms with van der Waals surface area (Å²) in [4.78, 5) is 13.9. The Hall–Kier alpha value is -2.67. The maximum atomic E-state index is 13.2. The molecular weight excluding hydrogens is 368 g/mol. The Morgan fingerprint density at radius 3 is 2.68 bits per heavy atom. The van der Waals surface area contributed by atoms with Crippen molar-refractivity contribution in [3.05, 3.63) is 66.0 Å². The zero-order valence-electron chi connectivity index (χ0n) is 15.8. The number of hydrogen-bond acceptors (Lipinski definition) is 4. The number of benzene rings is 1. The zero-order chi connectivity index (χ0) is 20.5. The van der Waals surface area contributed by atoms with Crippen LogP contribution in [0.3, 0.4) is 0 Å². The van der Waals surface area contributed by atoms with E-state index >= 15 is 0 Å². The minimum absolute atomic E-state index is 0.0577. The summed E-state index contributed by atoms with van der Waals surface area (Å²) in [5.41, 5.74) is 0.531. The van der Waals surface area contributed by atoms with Crippen LogP contribution in [0, 0.1) is 0 Å². The van der Waals surface area contributed by atoms with E-state index in [0.29, 0.717) is 25.3 Å². The smallest absolute Gasteiger partial charge is 0.267 e. The summed E-state index contributed by atoms with van der Waals surface area (Å²) in [6.45, 7) is 5.68. The molecular formula is C21H25F2NO4. The molecule has 1 aliphatic heterocycles. The Morgan fingerprint density at radius 2 is 2.11 bits per heavy atom. The van der Waals surface area contributed by atoms with E-state index in [1.807, 2.05) is 0 Å². The number of allylic oxidation sites excluding steroid dienone is 4. The van der Waals surface area contributed by atoms with Crippen LogP contribution in [0.25, 0.3) is 0 Å². The van der Waals surface area contributed by atoms with E-state index in [-0.39, 0.29) is 36.6 Å². The number of ether oxygens (including phenoxy) is 2. The molecule has 152 valence electrons. The topological polar surface area (TPSA) is 59.0 Å². The molecule has 1 saturated heterocycles. The molecule has 1 N–H and O–H groups in total. The lowest BCUT2D eigenvalue weighted by molar-refractivity contribution is -0.132. The first-order valence-electron chi connectivity index (χ1n) is 9.03. The SMILES string of the molecule is C=C/C=C(\C(=C/C)O[C@@H]1CCN(C(=O)COc2ccc(CO)cc2)C1)C(F)F. The summed E-state index contributed by atoms with van der Waals surface area (Å²) in [6.07, 6.45) is 1.54. The molecule has 0 bridgehead atoms. The molecule has 28 heavy (non-hydrogen) atoms. The van der Waals surface area contributed by atoms with E-state index in [1.54, 1.807) is 36.1 Å². The van der Waals surface area contributed by atoms with E-state index in [1.165, 1.54) is 18.2 Å². The van der Waals surface area contributed by atoms with Crippen molar-refractivity contribution >= 4 is 5.91 Å². The first-order valence-corrected chi connectivity index (χ1v) is 9.03. The molecule has 1 amide bonds. The normalized spacial score (nSPS) is 17.8. The van der Waals surface area contributed by atoms with Crippen molar-refractivity contribution in [3.8, 4) is 5.75 Å². The van der Waals surface area contributed by atoms with Gasteiger partial charge in [0.25, 0.3) is 12.3 Å². The summed E-state index contributed by atoms with van der Waals surface area (Å²) in [5, 5.41) is 9.02. The third-order valence-corrected chi connectivity index (χ3v) is 4.34. The Labute approximate surface area is 163 Å². The average Bonchev–Trinajstić information content (AvgIpc) is 3.17. The van der Waals surface area contributed by atoms with Gasteiger partial charge in [-0.3, -0.25) is 4.79 Å². The molecule has 0 aliphatic carbocycles. The van der Waals surface area contributed by atoms with Crippen molar-refractivity contribution in [1.82, 2.24) is 4.90 Å². The molecule has 0 aromatic heterocycles. The number of likely N-dealkylation sites (tertiary alicyclic amines) is 1. The third-order valence-electron chi connectivity index (χ3n) is 4.34. The van der Waals surface area contributed by atoms with Gasteiger partial charge in [0.2, 0.25) is 0 Å². The molecule has 0 spiro atoms. The van der Waals surface area contributed by atoms with Gasteiger partial charge in [-0.25, -0.2) is 8.78 Å². The summed E-state index contributed by atoms with van der Waals surface area (Å²) in [5.74, 6) is 0.439. The molecule has 7 heteroatoms. The predicted molar refractivity (Wildman–Crippen MR) is 102 cm³/mol. The lowest BCUT2D eigenvalue weighted by Gasteiger charge is -2.20. The van der Waals surface area contributed by atoms with Gasteiger partial charge in [0.05, 0.1) is 18.7 Å². The van der Waals surface area contributed by atoms with Crippen molar-refractivity contribution in [1.29, 1.82) is 0 Å². The van der Waals surface area contributed by atoms with E-state index in [4.69, 9.17) is 14.6 Å². The van der Waals surface area contributed by atoms with E-state index in [2.05, 4.69) is 6.58 Å². The number of aliphatic hydroxyl groups is 1. The monoisotopic (exact) mass is 393 g/mol. The van der Waals surface area contributed by atoms with Crippen LogP contribution in [0.1, 0.15) is 18.9 Å². The summed E-state index contributed by atoms with van der Waals surface area (Å²) < 4.78 is 37.5. The first kappa shape index (κ1) is 21.6. The number of rotatable bonds is 9. The van der Waals surface area contributed by atoms with Crippen molar-refractivity contribution in [2.24, 2.45) is 0 Å². The average molecular weight is 393 g/mol. The first-order chi connectivity index (χ1) is 13.5. The van der Waals surface area contributed by atoms with Gasteiger partial charge in [-0.05, 0) is 30.7 Å². The van der Waals surface area contributed by atoms with Gasteiger partial charge in [-0.2, -0.15) is 0 Å². The molecule has 2 rings (SSSR count). The predicted octanol–water partition coefficient (Wildman–Crippen LogP) is 3.46. The number of nitrogens with zero attached hydrogens (tertiary/aromatic N) is 1. The second-order valence-electron chi connectivity index (χ2n) is 6.27. The number of aliphatic hydroxyl groups excluding tert-OH is 1.